The van der Waals surface area contributed by atoms with E-state index in [9.17, 15) is 13.2 Å². The van der Waals surface area contributed by atoms with Gasteiger partial charge in [-0.3, -0.25) is 0 Å². The van der Waals surface area contributed by atoms with E-state index in [4.69, 9.17) is 5.73 Å². The van der Waals surface area contributed by atoms with E-state index in [1.54, 1.807) is 0 Å². The lowest BCUT2D eigenvalue weighted by molar-refractivity contribution is 0.490. The van der Waals surface area contributed by atoms with Crippen molar-refractivity contribution in [2.24, 2.45) is 5.73 Å². The van der Waals surface area contributed by atoms with Crippen molar-refractivity contribution < 1.29 is 13.2 Å². The summed E-state index contributed by atoms with van der Waals surface area (Å²) in [6.07, 6.45) is 0.454. The Morgan fingerprint density at radius 3 is 2.29 bits per heavy atom. The molecule has 0 radical (unpaired) electrons. The van der Waals surface area contributed by atoms with Gasteiger partial charge in [-0.2, -0.15) is 0 Å². The third-order valence-corrected chi connectivity index (χ3v) is 1.93. The molecule has 0 aliphatic rings. The molecule has 0 aliphatic carbocycles. The predicted octanol–water partition coefficient (Wildman–Crippen LogP) is 2.32. The minimum absolute atomic E-state index is 0.0803. The Kier molecular flexibility index (Phi) is 3.46. The first-order valence-electron chi connectivity index (χ1n) is 3.92. The van der Waals surface area contributed by atoms with E-state index >= 15 is 0 Å². The molecule has 0 amide bonds. The fourth-order valence-electron chi connectivity index (χ4n) is 1.01. The van der Waals surface area contributed by atoms with Crippen LogP contribution in [0, 0.1) is 17.5 Å². The normalized spacial score (nSPS) is 10.2. The summed E-state index contributed by atoms with van der Waals surface area (Å²) >= 11 is 4.58. The molecule has 76 valence electrons. The third-order valence-electron chi connectivity index (χ3n) is 1.73. The van der Waals surface area contributed by atoms with Gasteiger partial charge in [-0.1, -0.05) is 12.2 Å². The van der Waals surface area contributed by atoms with E-state index in [1.807, 2.05) is 0 Å². The zero-order valence-electron chi connectivity index (χ0n) is 7.19. The number of hydrogen-bond acceptors (Lipinski definition) is 1. The fourth-order valence-corrected chi connectivity index (χ4v) is 1.12. The second-order valence-corrected chi connectivity index (χ2v) is 3.35. The molecule has 0 aromatic heterocycles. The lowest BCUT2D eigenvalue weighted by Crippen LogP contribution is -2.09. The molecule has 1 nitrogen and oxygen atoms in total. The maximum Gasteiger partial charge on any atom is 0.161 e. The van der Waals surface area contributed by atoms with Crippen molar-refractivity contribution in [2.45, 2.75) is 12.8 Å². The molecule has 0 bridgehead atoms. The Labute approximate surface area is 84.7 Å². The highest BCUT2D eigenvalue weighted by atomic mass is 32.1. The number of benzene rings is 1. The zero-order chi connectivity index (χ0) is 10.7. The van der Waals surface area contributed by atoms with Crippen LogP contribution >= 0.6 is 12.2 Å². The highest BCUT2D eigenvalue weighted by Crippen LogP contribution is 2.15. The first-order valence-corrected chi connectivity index (χ1v) is 4.33. The molecule has 0 spiro atoms. The van der Waals surface area contributed by atoms with Crippen LogP contribution in [0.25, 0.3) is 0 Å². The Balaban J connectivity index is 2.87. The van der Waals surface area contributed by atoms with Crippen molar-refractivity contribution in [3.63, 3.8) is 0 Å². The van der Waals surface area contributed by atoms with E-state index in [0.717, 1.165) is 6.07 Å². The van der Waals surface area contributed by atoms with Crippen LogP contribution in [0.3, 0.4) is 0 Å². The molecule has 2 N–H and O–H groups in total. The fraction of sp³-hybridized carbons (Fsp3) is 0.222. The molecule has 14 heavy (non-hydrogen) atoms. The van der Waals surface area contributed by atoms with Gasteiger partial charge in [0.1, 0.15) is 5.82 Å². The first-order chi connectivity index (χ1) is 6.50. The number of aryl methyl sites for hydroxylation is 1. The number of halogens is 3. The summed E-state index contributed by atoms with van der Waals surface area (Å²) in [5.74, 6) is -3.04. The summed E-state index contributed by atoms with van der Waals surface area (Å²) in [4.78, 5) is 0.217. The van der Waals surface area contributed by atoms with Crippen molar-refractivity contribution in [1.29, 1.82) is 0 Å². The molecule has 0 aliphatic heterocycles. The summed E-state index contributed by atoms with van der Waals surface area (Å²) in [5.41, 5.74) is 5.28. The van der Waals surface area contributed by atoms with Gasteiger partial charge in [-0.15, -0.1) is 0 Å². The smallest absolute Gasteiger partial charge is 0.161 e. The van der Waals surface area contributed by atoms with E-state index in [1.165, 1.54) is 0 Å². The molecule has 0 saturated carbocycles. The van der Waals surface area contributed by atoms with E-state index in [-0.39, 0.29) is 23.4 Å². The highest BCUT2D eigenvalue weighted by Gasteiger charge is 2.09. The maximum absolute atomic E-state index is 13.0. The summed E-state index contributed by atoms with van der Waals surface area (Å²) in [5, 5.41) is 0. The van der Waals surface area contributed by atoms with Crippen LogP contribution in [0.1, 0.15) is 12.0 Å². The van der Waals surface area contributed by atoms with Crippen molar-refractivity contribution in [3.05, 3.63) is 35.1 Å². The van der Waals surface area contributed by atoms with Gasteiger partial charge in [0.05, 0.1) is 4.99 Å². The van der Waals surface area contributed by atoms with Gasteiger partial charge < -0.3 is 5.73 Å². The van der Waals surface area contributed by atoms with Crippen molar-refractivity contribution in [1.82, 2.24) is 0 Å². The third kappa shape index (κ3) is 2.70. The minimum atomic E-state index is -1.19. The monoisotopic (exact) mass is 219 g/mol. The Morgan fingerprint density at radius 1 is 1.14 bits per heavy atom. The van der Waals surface area contributed by atoms with Gasteiger partial charge in [-0.05, 0) is 18.1 Å². The second-order valence-electron chi connectivity index (χ2n) is 2.82. The van der Waals surface area contributed by atoms with Crippen LogP contribution in [0.15, 0.2) is 12.1 Å². The summed E-state index contributed by atoms with van der Waals surface area (Å²) < 4.78 is 38.2. The standard InChI is InChI=1S/C9H8F3NS/c10-6-4-8(12)7(11)3-5(6)1-2-9(13)14/h3-4H,1-2H2,(H2,13,14). The Hall–Kier alpha value is -1.10. The molecule has 1 rings (SSSR count). The highest BCUT2D eigenvalue weighted by molar-refractivity contribution is 7.80. The van der Waals surface area contributed by atoms with E-state index < -0.39 is 17.5 Å². The average molecular weight is 219 g/mol. The minimum Gasteiger partial charge on any atom is -0.393 e. The zero-order valence-corrected chi connectivity index (χ0v) is 8.00. The first kappa shape index (κ1) is 11.0. The lowest BCUT2D eigenvalue weighted by Gasteiger charge is -2.03. The van der Waals surface area contributed by atoms with Gasteiger partial charge >= 0.3 is 0 Å². The van der Waals surface area contributed by atoms with E-state index in [0.29, 0.717) is 6.07 Å². The van der Waals surface area contributed by atoms with E-state index in [2.05, 4.69) is 12.2 Å². The van der Waals surface area contributed by atoms with Crippen LogP contribution in [-0.4, -0.2) is 4.99 Å². The lowest BCUT2D eigenvalue weighted by atomic mass is 10.1. The maximum atomic E-state index is 13.0. The van der Waals surface area contributed by atoms with Crippen LogP contribution in [0.5, 0.6) is 0 Å². The van der Waals surface area contributed by atoms with Gasteiger partial charge in [0, 0.05) is 12.5 Å². The largest absolute Gasteiger partial charge is 0.393 e. The molecular weight excluding hydrogens is 211 g/mol. The van der Waals surface area contributed by atoms with Crippen LogP contribution in [0.2, 0.25) is 0 Å². The number of thiocarbonyl (C=S) groups is 1. The van der Waals surface area contributed by atoms with Crippen LogP contribution in [0.4, 0.5) is 13.2 Å². The van der Waals surface area contributed by atoms with Gasteiger partial charge in [0.15, 0.2) is 11.6 Å². The molecule has 1 aromatic rings. The number of nitrogens with two attached hydrogens (primary N) is 1. The Bertz CT molecular complexity index is 365. The van der Waals surface area contributed by atoms with Crippen molar-refractivity contribution in [3.8, 4) is 0 Å². The van der Waals surface area contributed by atoms with Gasteiger partial charge in [0.2, 0.25) is 0 Å². The molecule has 0 unspecified atom stereocenters. The van der Waals surface area contributed by atoms with Crippen molar-refractivity contribution >= 4 is 17.2 Å². The predicted molar refractivity (Wildman–Crippen MR) is 51.4 cm³/mol. The SMILES string of the molecule is NC(=S)CCc1cc(F)c(F)cc1F. The molecule has 5 heteroatoms. The van der Waals surface area contributed by atoms with Crippen molar-refractivity contribution in [2.75, 3.05) is 0 Å². The molecule has 0 atom stereocenters. The number of rotatable bonds is 3. The average Bonchev–Trinajstić information content (AvgIpc) is 2.09. The molecule has 1 aromatic carbocycles. The summed E-state index contributed by atoms with van der Waals surface area (Å²) in [6, 6.07) is 1.34. The molecule has 0 saturated heterocycles. The Morgan fingerprint density at radius 2 is 1.71 bits per heavy atom. The number of hydrogen-bond donors (Lipinski definition) is 1. The quantitative estimate of drug-likeness (QED) is 0.623. The van der Waals surface area contributed by atoms with Crippen LogP contribution < -0.4 is 5.73 Å². The van der Waals surface area contributed by atoms with Crippen LogP contribution in [-0.2, 0) is 6.42 Å². The summed E-state index contributed by atoms with van der Waals surface area (Å²) in [6.45, 7) is 0. The molecular formula is C9H8F3NS. The van der Waals surface area contributed by atoms with Gasteiger partial charge in [0.25, 0.3) is 0 Å². The summed E-state index contributed by atoms with van der Waals surface area (Å²) in [7, 11) is 0. The second kappa shape index (κ2) is 4.41. The topological polar surface area (TPSA) is 26.0 Å². The molecule has 0 fully saturated rings. The molecule has 0 heterocycles. The van der Waals surface area contributed by atoms with Gasteiger partial charge in [-0.25, -0.2) is 13.2 Å².